The smallest absolute Gasteiger partial charge is 0.252 e. The third-order valence-electron chi connectivity index (χ3n) is 5.39. The standard InChI is InChI=1S/C18H27N3O2S/c1-20-13-15(5-6-16(20)22)17(23)19-14-18(7-3-2-4-8-18)21-9-11-24-12-10-21/h5-6,13H,2-4,7-12,14H2,1H3,(H,19,23). The van der Waals surface area contributed by atoms with Crippen molar-refractivity contribution < 1.29 is 4.79 Å². The number of carbonyl (C=O) groups is 1. The zero-order chi connectivity index (χ0) is 17.0. The zero-order valence-corrected chi connectivity index (χ0v) is 15.2. The van der Waals surface area contributed by atoms with Crippen LogP contribution in [0.1, 0.15) is 42.5 Å². The number of carbonyl (C=O) groups excluding carboxylic acids is 1. The van der Waals surface area contributed by atoms with Crippen LogP contribution < -0.4 is 10.9 Å². The molecule has 2 aliphatic rings. The van der Waals surface area contributed by atoms with Gasteiger partial charge in [0.15, 0.2) is 0 Å². The Morgan fingerprint density at radius 2 is 1.92 bits per heavy atom. The van der Waals surface area contributed by atoms with Crippen molar-refractivity contribution in [3.63, 3.8) is 0 Å². The summed E-state index contributed by atoms with van der Waals surface area (Å²) in [5, 5.41) is 3.15. The summed E-state index contributed by atoms with van der Waals surface area (Å²) in [7, 11) is 1.67. The molecule has 1 amide bonds. The highest BCUT2D eigenvalue weighted by molar-refractivity contribution is 7.99. The number of thioether (sulfide) groups is 1. The number of aromatic nitrogens is 1. The molecule has 1 aromatic heterocycles. The Morgan fingerprint density at radius 1 is 1.21 bits per heavy atom. The normalized spacial score (nSPS) is 21.4. The van der Waals surface area contributed by atoms with E-state index in [9.17, 15) is 9.59 Å². The number of hydrogen-bond donors (Lipinski definition) is 1. The number of nitrogens with zero attached hydrogens (tertiary/aromatic N) is 2. The van der Waals surface area contributed by atoms with Crippen molar-refractivity contribution in [2.75, 3.05) is 31.1 Å². The van der Waals surface area contributed by atoms with Crippen molar-refractivity contribution in [2.24, 2.45) is 7.05 Å². The summed E-state index contributed by atoms with van der Waals surface area (Å²) in [6.45, 7) is 2.96. The van der Waals surface area contributed by atoms with E-state index in [1.165, 1.54) is 54.2 Å². The highest BCUT2D eigenvalue weighted by atomic mass is 32.2. The molecule has 5 nitrogen and oxygen atoms in total. The van der Waals surface area contributed by atoms with E-state index in [-0.39, 0.29) is 17.0 Å². The van der Waals surface area contributed by atoms with Gasteiger partial charge < -0.3 is 9.88 Å². The molecule has 0 unspecified atom stereocenters. The second-order valence-corrected chi connectivity index (χ2v) is 8.16. The van der Waals surface area contributed by atoms with E-state index in [0.717, 1.165) is 13.1 Å². The van der Waals surface area contributed by atoms with Crippen LogP contribution in [0.15, 0.2) is 23.1 Å². The van der Waals surface area contributed by atoms with Gasteiger partial charge in [0.1, 0.15) is 0 Å². The molecule has 1 aromatic rings. The van der Waals surface area contributed by atoms with Crippen molar-refractivity contribution >= 4 is 17.7 Å². The summed E-state index contributed by atoms with van der Waals surface area (Å²) in [4.78, 5) is 26.6. The van der Waals surface area contributed by atoms with Gasteiger partial charge >= 0.3 is 0 Å². The van der Waals surface area contributed by atoms with Gasteiger partial charge in [-0.2, -0.15) is 11.8 Å². The van der Waals surface area contributed by atoms with Gasteiger partial charge in [-0.3, -0.25) is 14.5 Å². The first-order valence-electron chi connectivity index (χ1n) is 8.88. The van der Waals surface area contributed by atoms with Crippen molar-refractivity contribution in [1.82, 2.24) is 14.8 Å². The van der Waals surface area contributed by atoms with Gasteiger partial charge in [0.05, 0.1) is 5.56 Å². The maximum absolute atomic E-state index is 12.5. The molecule has 24 heavy (non-hydrogen) atoms. The highest BCUT2D eigenvalue weighted by Crippen LogP contribution is 2.34. The Labute approximate surface area is 147 Å². The quantitative estimate of drug-likeness (QED) is 0.902. The van der Waals surface area contributed by atoms with Gasteiger partial charge in [0, 0.05) is 56.0 Å². The minimum atomic E-state index is -0.0962. The van der Waals surface area contributed by atoms with E-state index in [0.29, 0.717) is 12.1 Å². The van der Waals surface area contributed by atoms with Crippen LogP contribution in [0.2, 0.25) is 0 Å². The molecular formula is C18H27N3O2S. The highest BCUT2D eigenvalue weighted by Gasteiger charge is 2.38. The molecule has 1 N–H and O–H groups in total. The van der Waals surface area contributed by atoms with Crippen molar-refractivity contribution in [2.45, 2.75) is 37.6 Å². The first kappa shape index (κ1) is 17.5. The molecule has 2 fully saturated rings. The topological polar surface area (TPSA) is 54.3 Å². The lowest BCUT2D eigenvalue weighted by atomic mass is 9.80. The largest absolute Gasteiger partial charge is 0.350 e. The molecule has 1 saturated heterocycles. The van der Waals surface area contributed by atoms with Crippen LogP contribution in [0, 0.1) is 0 Å². The second kappa shape index (κ2) is 7.74. The molecule has 3 rings (SSSR count). The first-order chi connectivity index (χ1) is 11.6. The van der Waals surface area contributed by atoms with Gasteiger partial charge in [0.2, 0.25) is 5.56 Å². The van der Waals surface area contributed by atoms with Gasteiger partial charge in [-0.25, -0.2) is 0 Å². The Bertz CT molecular complexity index is 631. The summed E-state index contributed by atoms with van der Waals surface area (Å²) in [6, 6.07) is 3.07. The maximum atomic E-state index is 12.5. The molecule has 0 aromatic carbocycles. The van der Waals surface area contributed by atoms with Gasteiger partial charge in [-0.05, 0) is 18.9 Å². The Balaban J connectivity index is 1.69. The van der Waals surface area contributed by atoms with Gasteiger partial charge in [-0.15, -0.1) is 0 Å². The minimum absolute atomic E-state index is 0.0815. The Kier molecular flexibility index (Phi) is 5.66. The number of nitrogens with one attached hydrogen (secondary N) is 1. The summed E-state index contributed by atoms with van der Waals surface area (Å²) >= 11 is 2.02. The van der Waals surface area contributed by atoms with Crippen LogP contribution in [0.25, 0.3) is 0 Å². The molecule has 0 radical (unpaired) electrons. The average Bonchev–Trinajstić information content (AvgIpc) is 2.63. The van der Waals surface area contributed by atoms with Gasteiger partial charge in [0.25, 0.3) is 5.91 Å². The third kappa shape index (κ3) is 3.86. The van der Waals surface area contributed by atoms with Gasteiger partial charge in [-0.1, -0.05) is 19.3 Å². The lowest BCUT2D eigenvalue weighted by molar-refractivity contribution is 0.0548. The zero-order valence-electron chi connectivity index (χ0n) is 14.4. The van der Waals surface area contributed by atoms with E-state index in [1.54, 1.807) is 19.3 Å². The van der Waals surface area contributed by atoms with Crippen LogP contribution in [0.5, 0.6) is 0 Å². The summed E-state index contributed by atoms with van der Waals surface area (Å²) < 4.78 is 1.45. The molecule has 0 bridgehead atoms. The molecular weight excluding hydrogens is 322 g/mol. The number of amides is 1. The molecule has 0 spiro atoms. The minimum Gasteiger partial charge on any atom is -0.350 e. The van der Waals surface area contributed by atoms with E-state index < -0.39 is 0 Å². The van der Waals surface area contributed by atoms with Crippen LogP contribution in [0.3, 0.4) is 0 Å². The molecule has 1 aliphatic carbocycles. The molecule has 0 atom stereocenters. The second-order valence-electron chi connectivity index (χ2n) is 6.93. The molecule has 132 valence electrons. The van der Waals surface area contributed by atoms with E-state index >= 15 is 0 Å². The molecule has 1 saturated carbocycles. The average molecular weight is 350 g/mol. The third-order valence-corrected chi connectivity index (χ3v) is 6.33. The molecule has 2 heterocycles. The predicted molar refractivity (Wildman–Crippen MR) is 98.7 cm³/mol. The summed E-state index contributed by atoms with van der Waals surface area (Å²) in [5.74, 6) is 2.30. The number of aryl methyl sites for hydroxylation is 1. The number of rotatable bonds is 4. The van der Waals surface area contributed by atoms with E-state index in [2.05, 4.69) is 10.2 Å². The van der Waals surface area contributed by atoms with Crippen molar-refractivity contribution in [1.29, 1.82) is 0 Å². The van der Waals surface area contributed by atoms with Crippen LogP contribution in [-0.4, -0.2) is 52.1 Å². The Morgan fingerprint density at radius 3 is 2.58 bits per heavy atom. The van der Waals surface area contributed by atoms with Crippen molar-refractivity contribution in [3.8, 4) is 0 Å². The van der Waals surface area contributed by atoms with Crippen LogP contribution in [-0.2, 0) is 7.05 Å². The molecule has 6 heteroatoms. The Hall–Kier alpha value is -1.27. The van der Waals surface area contributed by atoms with Crippen molar-refractivity contribution in [3.05, 3.63) is 34.2 Å². The van der Waals surface area contributed by atoms with E-state index in [4.69, 9.17) is 0 Å². The fourth-order valence-electron chi connectivity index (χ4n) is 3.93. The lowest BCUT2D eigenvalue weighted by Gasteiger charge is -2.48. The fraction of sp³-hybridized carbons (Fsp3) is 0.667. The van der Waals surface area contributed by atoms with Crippen LogP contribution in [0.4, 0.5) is 0 Å². The summed E-state index contributed by atoms with van der Waals surface area (Å²) in [6.07, 6.45) is 7.76. The first-order valence-corrected chi connectivity index (χ1v) is 10.0. The SMILES string of the molecule is Cn1cc(C(=O)NCC2(N3CCSCC3)CCCCC2)ccc1=O. The number of hydrogen-bond acceptors (Lipinski definition) is 4. The predicted octanol–water partition coefficient (Wildman–Crippen LogP) is 1.87. The maximum Gasteiger partial charge on any atom is 0.252 e. The van der Waals surface area contributed by atoms with Crippen LogP contribution >= 0.6 is 11.8 Å². The summed E-state index contributed by atoms with van der Waals surface area (Å²) in [5.41, 5.74) is 0.577. The molecule has 1 aliphatic heterocycles. The van der Waals surface area contributed by atoms with E-state index in [1.807, 2.05) is 11.8 Å². The fourth-order valence-corrected chi connectivity index (χ4v) is 4.83. The lowest BCUT2D eigenvalue weighted by Crippen LogP contribution is -2.58. The number of pyridine rings is 1. The monoisotopic (exact) mass is 349 g/mol.